The van der Waals surface area contributed by atoms with Gasteiger partial charge in [0.1, 0.15) is 0 Å². The number of benzene rings is 1. The Morgan fingerprint density at radius 3 is 2.69 bits per heavy atom. The van der Waals surface area contributed by atoms with Crippen molar-refractivity contribution in [2.45, 2.75) is 13.0 Å². The Morgan fingerprint density at radius 2 is 2.06 bits per heavy atom. The van der Waals surface area contributed by atoms with Crippen molar-refractivity contribution in [3.05, 3.63) is 26.5 Å². The molecule has 1 aromatic carbocycles. The van der Waals surface area contributed by atoms with Gasteiger partial charge in [0, 0.05) is 28.0 Å². The number of hydrogen-bond donors (Lipinski definition) is 2. The smallest absolute Gasteiger partial charge is 0.0702 e. The topological polar surface area (TPSA) is 32.3 Å². The van der Waals surface area contributed by atoms with Gasteiger partial charge in [0.2, 0.25) is 0 Å². The van der Waals surface area contributed by atoms with Crippen LogP contribution >= 0.6 is 15.9 Å². The molecule has 0 radical (unpaired) electrons. The molecule has 2 atom stereocenters. The SMILES string of the molecule is CNc1c(CO)cc(Br)c2c1=CC1CC1C=2. The molecule has 16 heavy (non-hydrogen) atoms. The van der Waals surface area contributed by atoms with Gasteiger partial charge in [0.05, 0.1) is 6.61 Å². The molecule has 2 aliphatic carbocycles. The van der Waals surface area contributed by atoms with Crippen LogP contribution in [0.15, 0.2) is 10.5 Å². The van der Waals surface area contributed by atoms with Crippen LogP contribution in [-0.2, 0) is 6.61 Å². The molecule has 0 heterocycles. The fourth-order valence-electron chi connectivity index (χ4n) is 2.55. The van der Waals surface area contributed by atoms with Gasteiger partial charge < -0.3 is 10.4 Å². The second kappa shape index (κ2) is 3.60. The first-order chi connectivity index (χ1) is 7.74. The summed E-state index contributed by atoms with van der Waals surface area (Å²) in [5.74, 6) is 1.47. The lowest BCUT2D eigenvalue weighted by molar-refractivity contribution is 0.282. The summed E-state index contributed by atoms with van der Waals surface area (Å²) >= 11 is 3.59. The van der Waals surface area contributed by atoms with E-state index >= 15 is 0 Å². The molecule has 3 rings (SSSR count). The fraction of sp³-hybridized carbons (Fsp3) is 0.385. The van der Waals surface area contributed by atoms with Crippen molar-refractivity contribution in [1.29, 1.82) is 0 Å². The number of anilines is 1. The van der Waals surface area contributed by atoms with Crippen LogP contribution in [0.2, 0.25) is 0 Å². The normalized spacial score (nSPS) is 24.9. The minimum atomic E-state index is 0.0734. The van der Waals surface area contributed by atoms with Crippen LogP contribution in [0.25, 0.3) is 12.2 Å². The molecule has 0 amide bonds. The molecule has 3 heteroatoms. The number of aliphatic hydroxyl groups is 1. The number of aliphatic hydroxyl groups excluding tert-OH is 1. The maximum Gasteiger partial charge on any atom is 0.0702 e. The zero-order valence-electron chi connectivity index (χ0n) is 9.13. The zero-order chi connectivity index (χ0) is 11.3. The third-order valence-corrected chi connectivity index (χ3v) is 4.17. The number of nitrogens with one attached hydrogen (secondary N) is 1. The third kappa shape index (κ3) is 1.42. The molecule has 2 aliphatic rings. The van der Waals surface area contributed by atoms with E-state index in [-0.39, 0.29) is 6.61 Å². The Hall–Kier alpha value is -0.800. The highest BCUT2D eigenvalue weighted by Crippen LogP contribution is 2.42. The monoisotopic (exact) mass is 279 g/mol. The Morgan fingerprint density at radius 1 is 1.38 bits per heavy atom. The van der Waals surface area contributed by atoms with Crippen molar-refractivity contribution < 1.29 is 5.11 Å². The van der Waals surface area contributed by atoms with E-state index in [9.17, 15) is 5.11 Å². The molecule has 0 aromatic heterocycles. The summed E-state index contributed by atoms with van der Waals surface area (Å²) in [6.07, 6.45) is 5.97. The average Bonchev–Trinajstić information content (AvgIpc) is 3.04. The highest BCUT2D eigenvalue weighted by Gasteiger charge is 2.35. The number of hydrogen-bond acceptors (Lipinski definition) is 2. The maximum absolute atomic E-state index is 9.37. The van der Waals surface area contributed by atoms with Crippen LogP contribution in [0, 0.1) is 11.8 Å². The zero-order valence-corrected chi connectivity index (χ0v) is 10.7. The van der Waals surface area contributed by atoms with Gasteiger partial charge in [0.25, 0.3) is 0 Å². The standard InChI is InChI=1S/C13H14BrNO/c1-15-13-9(6-16)5-12(14)10-3-7-2-8(7)4-11(10)13/h3-5,7-8,15-16H,2,6H2,1H3. The number of fused-ring (bicyclic) bond motifs is 2. The molecular formula is C13H14BrNO. The molecular weight excluding hydrogens is 266 g/mol. The molecule has 0 bridgehead atoms. The average molecular weight is 280 g/mol. The molecule has 84 valence electrons. The van der Waals surface area contributed by atoms with Crippen LogP contribution in [0.5, 0.6) is 0 Å². The maximum atomic E-state index is 9.37. The summed E-state index contributed by atoms with van der Waals surface area (Å²) in [5, 5.41) is 15.1. The van der Waals surface area contributed by atoms with E-state index in [1.807, 2.05) is 13.1 Å². The van der Waals surface area contributed by atoms with Crippen LogP contribution in [0.4, 0.5) is 5.69 Å². The van der Waals surface area contributed by atoms with Crippen molar-refractivity contribution in [2.75, 3.05) is 12.4 Å². The van der Waals surface area contributed by atoms with Gasteiger partial charge in [-0.25, -0.2) is 0 Å². The molecule has 1 aromatic rings. The van der Waals surface area contributed by atoms with E-state index in [0.29, 0.717) is 0 Å². The van der Waals surface area contributed by atoms with Crippen molar-refractivity contribution >= 4 is 33.8 Å². The molecule has 2 unspecified atom stereocenters. The van der Waals surface area contributed by atoms with Gasteiger partial charge in [-0.2, -0.15) is 0 Å². The van der Waals surface area contributed by atoms with Crippen LogP contribution in [0.3, 0.4) is 0 Å². The van der Waals surface area contributed by atoms with Gasteiger partial charge in [-0.05, 0) is 29.5 Å². The Bertz CT molecular complexity index is 564. The molecule has 2 N–H and O–H groups in total. The highest BCUT2D eigenvalue weighted by atomic mass is 79.9. The summed E-state index contributed by atoms with van der Waals surface area (Å²) in [6, 6.07) is 2.01. The molecule has 1 saturated carbocycles. The molecule has 1 fully saturated rings. The minimum Gasteiger partial charge on any atom is -0.392 e. The highest BCUT2D eigenvalue weighted by molar-refractivity contribution is 9.10. The first-order valence-corrected chi connectivity index (χ1v) is 6.37. The second-order valence-corrected chi connectivity index (χ2v) is 5.38. The molecule has 0 saturated heterocycles. The van der Waals surface area contributed by atoms with E-state index in [4.69, 9.17) is 0 Å². The molecule has 0 spiro atoms. The van der Waals surface area contributed by atoms with Crippen molar-refractivity contribution in [2.24, 2.45) is 11.8 Å². The summed E-state index contributed by atoms with van der Waals surface area (Å²) < 4.78 is 1.09. The lowest BCUT2D eigenvalue weighted by Crippen LogP contribution is -2.32. The second-order valence-electron chi connectivity index (χ2n) is 4.52. The summed E-state index contributed by atoms with van der Waals surface area (Å²) in [6.45, 7) is 0.0734. The van der Waals surface area contributed by atoms with Gasteiger partial charge in [0.15, 0.2) is 0 Å². The quantitative estimate of drug-likeness (QED) is 0.853. The van der Waals surface area contributed by atoms with Gasteiger partial charge >= 0.3 is 0 Å². The van der Waals surface area contributed by atoms with Crippen molar-refractivity contribution in [1.82, 2.24) is 0 Å². The first-order valence-electron chi connectivity index (χ1n) is 5.58. The van der Waals surface area contributed by atoms with Gasteiger partial charge in [-0.15, -0.1) is 0 Å². The Balaban J connectivity index is 2.37. The Labute approximate surface area is 103 Å². The van der Waals surface area contributed by atoms with Gasteiger partial charge in [-0.3, -0.25) is 0 Å². The third-order valence-electron chi connectivity index (χ3n) is 3.51. The lowest BCUT2D eigenvalue weighted by Gasteiger charge is -2.12. The largest absolute Gasteiger partial charge is 0.392 e. The van der Waals surface area contributed by atoms with Crippen LogP contribution in [0.1, 0.15) is 12.0 Å². The van der Waals surface area contributed by atoms with E-state index in [0.717, 1.165) is 27.6 Å². The van der Waals surface area contributed by atoms with E-state index < -0.39 is 0 Å². The molecule has 0 aliphatic heterocycles. The van der Waals surface area contributed by atoms with Crippen LogP contribution < -0.4 is 15.8 Å². The predicted molar refractivity (Wildman–Crippen MR) is 69.4 cm³/mol. The first kappa shape index (κ1) is 10.4. The summed E-state index contributed by atoms with van der Waals surface area (Å²) in [4.78, 5) is 0. The molecule has 2 nitrogen and oxygen atoms in total. The Kier molecular flexibility index (Phi) is 2.33. The lowest BCUT2D eigenvalue weighted by atomic mass is 10.0. The minimum absolute atomic E-state index is 0.0734. The van der Waals surface area contributed by atoms with E-state index in [2.05, 4.69) is 33.4 Å². The number of halogens is 1. The summed E-state index contributed by atoms with van der Waals surface area (Å²) in [5.41, 5.74) is 2.03. The van der Waals surface area contributed by atoms with Gasteiger partial charge in [-0.1, -0.05) is 28.1 Å². The van der Waals surface area contributed by atoms with E-state index in [1.165, 1.54) is 16.9 Å². The van der Waals surface area contributed by atoms with Crippen molar-refractivity contribution in [3.63, 3.8) is 0 Å². The predicted octanol–water partition coefficient (Wildman–Crippen LogP) is 1.19. The number of rotatable bonds is 2. The van der Waals surface area contributed by atoms with Crippen LogP contribution in [-0.4, -0.2) is 12.2 Å². The van der Waals surface area contributed by atoms with Crippen molar-refractivity contribution in [3.8, 4) is 0 Å². The van der Waals surface area contributed by atoms with E-state index in [1.54, 1.807) is 0 Å². The summed E-state index contributed by atoms with van der Waals surface area (Å²) in [7, 11) is 1.91. The fourth-order valence-corrected chi connectivity index (χ4v) is 3.17.